The second kappa shape index (κ2) is 7.73. The molecule has 1 aliphatic carbocycles. The fourth-order valence-electron chi connectivity index (χ4n) is 3.94. The van der Waals surface area contributed by atoms with Crippen LogP contribution < -0.4 is 0 Å². The Labute approximate surface area is 166 Å². The fourth-order valence-corrected chi connectivity index (χ4v) is 3.94. The Balaban J connectivity index is 2.55. The maximum absolute atomic E-state index is 11.0. The van der Waals surface area contributed by atoms with E-state index >= 15 is 0 Å². The minimum atomic E-state index is -0.120. The third-order valence-corrected chi connectivity index (χ3v) is 5.85. The highest BCUT2D eigenvalue weighted by Gasteiger charge is 2.33. The van der Waals surface area contributed by atoms with Gasteiger partial charge < -0.3 is 10.2 Å². The standard InChI is InChI=1S/C25H38O2/c1-9-16-11-18(22(26)20(13-16)24(3,4)5)15-19-12-17(10-2)14-21(23(19)27)25(6,7)8/h11-13,21,26-27H,9-10,14-15H2,1-8H3. The summed E-state index contributed by atoms with van der Waals surface area (Å²) in [6, 6.07) is 4.23. The zero-order valence-electron chi connectivity index (χ0n) is 18.5. The molecule has 2 nitrogen and oxygen atoms in total. The van der Waals surface area contributed by atoms with Crippen LogP contribution in [0.3, 0.4) is 0 Å². The van der Waals surface area contributed by atoms with Crippen molar-refractivity contribution >= 4 is 0 Å². The average molecular weight is 371 g/mol. The summed E-state index contributed by atoms with van der Waals surface area (Å²) in [5.41, 5.74) is 5.36. The summed E-state index contributed by atoms with van der Waals surface area (Å²) in [5.74, 6) is 1.01. The van der Waals surface area contributed by atoms with E-state index in [1.54, 1.807) is 0 Å². The molecule has 0 amide bonds. The molecule has 0 fully saturated rings. The molecule has 0 spiro atoms. The Hall–Kier alpha value is -1.70. The van der Waals surface area contributed by atoms with E-state index in [0.717, 1.165) is 36.0 Å². The monoisotopic (exact) mass is 370 g/mol. The molecule has 0 saturated carbocycles. The lowest BCUT2D eigenvalue weighted by molar-refractivity contribution is 0.193. The quantitative estimate of drug-likeness (QED) is 0.598. The summed E-state index contributed by atoms with van der Waals surface area (Å²) in [6.45, 7) is 17.3. The Morgan fingerprint density at radius 2 is 1.59 bits per heavy atom. The molecule has 0 aromatic heterocycles. The topological polar surface area (TPSA) is 40.5 Å². The maximum Gasteiger partial charge on any atom is 0.122 e. The van der Waals surface area contributed by atoms with Crippen LogP contribution in [0.25, 0.3) is 0 Å². The minimum absolute atomic E-state index is 0.00783. The predicted octanol–water partition coefficient (Wildman–Crippen LogP) is 7.01. The molecular weight excluding hydrogens is 332 g/mol. The average Bonchev–Trinajstić information content (AvgIpc) is 2.56. The summed E-state index contributed by atoms with van der Waals surface area (Å²) >= 11 is 0. The normalized spacial score (nSPS) is 18.7. The molecule has 1 aromatic rings. The van der Waals surface area contributed by atoms with Crippen molar-refractivity contribution in [3.63, 3.8) is 0 Å². The van der Waals surface area contributed by atoms with Crippen LogP contribution in [0, 0.1) is 11.3 Å². The molecule has 2 N–H and O–H groups in total. The Bertz CT molecular complexity index is 752. The summed E-state index contributed by atoms with van der Waals surface area (Å²) in [5, 5.41) is 22.0. The Kier molecular flexibility index (Phi) is 6.19. The van der Waals surface area contributed by atoms with E-state index in [-0.39, 0.29) is 16.7 Å². The van der Waals surface area contributed by atoms with E-state index in [2.05, 4.69) is 73.6 Å². The van der Waals surface area contributed by atoms with E-state index in [0.29, 0.717) is 17.9 Å². The number of aromatic hydroxyl groups is 1. The van der Waals surface area contributed by atoms with Crippen LogP contribution in [0.1, 0.15) is 84.9 Å². The van der Waals surface area contributed by atoms with Crippen molar-refractivity contribution in [2.45, 2.75) is 86.5 Å². The summed E-state index contributed by atoms with van der Waals surface area (Å²) in [4.78, 5) is 0. The first-order chi connectivity index (χ1) is 12.4. The number of aryl methyl sites for hydroxylation is 1. The maximum atomic E-state index is 11.0. The van der Waals surface area contributed by atoms with E-state index in [1.165, 1.54) is 11.1 Å². The molecule has 2 heteroatoms. The summed E-state index contributed by atoms with van der Waals surface area (Å²) in [6.07, 6.45) is 5.58. The lowest BCUT2D eigenvalue weighted by Gasteiger charge is -2.35. The van der Waals surface area contributed by atoms with Crippen molar-refractivity contribution < 1.29 is 10.2 Å². The number of phenols is 1. The third kappa shape index (κ3) is 4.78. The zero-order valence-corrected chi connectivity index (χ0v) is 18.5. The molecule has 0 saturated heterocycles. The molecule has 2 rings (SSSR count). The molecule has 1 aromatic carbocycles. The highest BCUT2D eigenvalue weighted by Crippen LogP contribution is 2.43. The van der Waals surface area contributed by atoms with E-state index in [1.807, 2.05) is 0 Å². The van der Waals surface area contributed by atoms with Gasteiger partial charge in [0.25, 0.3) is 0 Å². The largest absolute Gasteiger partial charge is 0.512 e. The van der Waals surface area contributed by atoms with Crippen molar-refractivity contribution in [3.8, 4) is 5.75 Å². The van der Waals surface area contributed by atoms with Crippen LogP contribution in [0.4, 0.5) is 0 Å². The first kappa shape index (κ1) is 21.6. The molecule has 1 aliphatic rings. The van der Waals surface area contributed by atoms with Crippen LogP contribution in [-0.4, -0.2) is 10.2 Å². The van der Waals surface area contributed by atoms with Gasteiger partial charge in [-0.05, 0) is 52.4 Å². The summed E-state index contributed by atoms with van der Waals surface area (Å²) in [7, 11) is 0. The van der Waals surface area contributed by atoms with Crippen molar-refractivity contribution in [2.75, 3.05) is 0 Å². The predicted molar refractivity (Wildman–Crippen MR) is 115 cm³/mol. The van der Waals surface area contributed by atoms with Gasteiger partial charge in [-0.3, -0.25) is 0 Å². The second-order valence-corrected chi connectivity index (χ2v) is 10.1. The van der Waals surface area contributed by atoms with Crippen molar-refractivity contribution in [2.24, 2.45) is 11.3 Å². The number of aliphatic hydroxyl groups excluding tert-OH is 1. The van der Waals surface area contributed by atoms with E-state index < -0.39 is 0 Å². The van der Waals surface area contributed by atoms with Crippen LogP contribution in [-0.2, 0) is 18.3 Å². The van der Waals surface area contributed by atoms with Crippen molar-refractivity contribution in [1.29, 1.82) is 0 Å². The van der Waals surface area contributed by atoms with E-state index in [9.17, 15) is 10.2 Å². The minimum Gasteiger partial charge on any atom is -0.512 e. The molecule has 150 valence electrons. The zero-order chi connectivity index (χ0) is 20.6. The third-order valence-electron chi connectivity index (χ3n) is 5.85. The number of phenolic OH excluding ortho intramolecular Hbond substituents is 1. The van der Waals surface area contributed by atoms with Gasteiger partial charge in [-0.1, -0.05) is 79.2 Å². The number of aliphatic hydroxyl groups is 1. The number of rotatable bonds is 4. The van der Waals surface area contributed by atoms with Crippen molar-refractivity contribution in [3.05, 3.63) is 51.8 Å². The Morgan fingerprint density at radius 1 is 0.963 bits per heavy atom. The molecule has 0 aliphatic heterocycles. The van der Waals surface area contributed by atoms with Gasteiger partial charge in [-0.15, -0.1) is 0 Å². The molecule has 0 bridgehead atoms. The van der Waals surface area contributed by atoms with Gasteiger partial charge in [0.05, 0.1) is 5.76 Å². The molecule has 27 heavy (non-hydrogen) atoms. The lowest BCUT2D eigenvalue weighted by atomic mass is 9.71. The second-order valence-electron chi connectivity index (χ2n) is 10.1. The number of hydrogen-bond acceptors (Lipinski definition) is 2. The molecule has 1 atom stereocenters. The van der Waals surface area contributed by atoms with Crippen LogP contribution in [0.5, 0.6) is 5.75 Å². The lowest BCUT2D eigenvalue weighted by Crippen LogP contribution is -2.26. The highest BCUT2D eigenvalue weighted by atomic mass is 16.3. The van der Waals surface area contributed by atoms with Gasteiger partial charge in [-0.2, -0.15) is 0 Å². The SMILES string of the molecule is CCC1=CC(Cc2cc(CC)cc(C(C)(C)C)c2O)=C(O)C(C(C)(C)C)C1. The van der Waals surface area contributed by atoms with Crippen LogP contribution >= 0.6 is 0 Å². The first-order valence-electron chi connectivity index (χ1n) is 10.3. The summed E-state index contributed by atoms with van der Waals surface area (Å²) < 4.78 is 0. The molecular formula is C25H38O2. The van der Waals surface area contributed by atoms with Gasteiger partial charge in [0.15, 0.2) is 0 Å². The van der Waals surface area contributed by atoms with Gasteiger partial charge >= 0.3 is 0 Å². The number of allylic oxidation sites excluding steroid dienone is 4. The number of benzene rings is 1. The van der Waals surface area contributed by atoms with Crippen LogP contribution in [0.15, 0.2) is 35.1 Å². The first-order valence-corrected chi connectivity index (χ1v) is 10.3. The van der Waals surface area contributed by atoms with Crippen molar-refractivity contribution in [1.82, 2.24) is 0 Å². The van der Waals surface area contributed by atoms with Gasteiger partial charge in [-0.25, -0.2) is 0 Å². The van der Waals surface area contributed by atoms with Gasteiger partial charge in [0.2, 0.25) is 0 Å². The molecule has 1 unspecified atom stereocenters. The Morgan fingerprint density at radius 3 is 2.07 bits per heavy atom. The molecule has 0 radical (unpaired) electrons. The highest BCUT2D eigenvalue weighted by molar-refractivity contribution is 5.50. The van der Waals surface area contributed by atoms with E-state index in [4.69, 9.17) is 0 Å². The number of hydrogen-bond donors (Lipinski definition) is 2. The van der Waals surface area contributed by atoms with Gasteiger partial charge in [0.1, 0.15) is 5.75 Å². The smallest absolute Gasteiger partial charge is 0.122 e. The fraction of sp³-hybridized carbons (Fsp3) is 0.600. The molecule has 0 heterocycles. The van der Waals surface area contributed by atoms with Gasteiger partial charge in [0, 0.05) is 12.3 Å². The van der Waals surface area contributed by atoms with Crippen LogP contribution in [0.2, 0.25) is 0 Å².